The number of hydrogen-bond donors (Lipinski definition) is 5. The molecule has 1 fully saturated rings. The number of rotatable bonds is 1. The minimum atomic E-state index is -1.81. The third-order valence-corrected chi connectivity index (χ3v) is 1.83. The summed E-state index contributed by atoms with van der Waals surface area (Å²) in [6.07, 6.45) is -8.72. The molecule has 0 amide bonds. The van der Waals surface area contributed by atoms with E-state index in [1.165, 1.54) is 0 Å². The van der Waals surface area contributed by atoms with Crippen LogP contribution in [0.15, 0.2) is 0 Å². The Morgan fingerprint density at radius 1 is 1.00 bits per heavy atom. The highest BCUT2D eigenvalue weighted by molar-refractivity contribution is 5.73. The lowest BCUT2D eigenvalue weighted by atomic mass is 10.9. The number of ether oxygens (including phenoxy) is 1. The molecule has 1 aliphatic heterocycles. The third kappa shape index (κ3) is 1.79. The number of aliphatic hydroxyl groups excluding tert-OH is 4. The molecular formula is C6H10O7. The van der Waals surface area contributed by atoms with Crippen molar-refractivity contribution in [2.45, 2.75) is 30.7 Å². The van der Waals surface area contributed by atoms with Gasteiger partial charge in [-0.15, -0.1) is 0 Å². The topological polar surface area (TPSA) is 127 Å². The van der Waals surface area contributed by atoms with Crippen LogP contribution in [0.5, 0.6) is 0 Å². The molecule has 76 valence electrons. The van der Waals surface area contributed by atoms with Crippen LogP contribution >= 0.6 is 0 Å². The second kappa shape index (κ2) is 3.56. The van der Waals surface area contributed by atoms with Gasteiger partial charge in [-0.05, 0) is 0 Å². The molecule has 1 unspecified atom stereocenters. The molecule has 7 heteroatoms. The summed E-state index contributed by atoms with van der Waals surface area (Å²) in [5.74, 6) is -1.52. The van der Waals surface area contributed by atoms with Crippen molar-refractivity contribution in [2.24, 2.45) is 0 Å². The summed E-state index contributed by atoms with van der Waals surface area (Å²) >= 11 is 0. The van der Waals surface area contributed by atoms with Gasteiger partial charge in [0.25, 0.3) is 0 Å². The van der Waals surface area contributed by atoms with Crippen molar-refractivity contribution in [3.8, 4) is 0 Å². The quantitative estimate of drug-likeness (QED) is 0.283. The van der Waals surface area contributed by atoms with E-state index in [2.05, 4.69) is 4.74 Å². The molecule has 0 aliphatic carbocycles. The SMILES string of the molecule is O=[13C](O)[13C@H]1O[13CH](O)[13C@H](O)[13C@@H](O)[13C@@H]1O. The Labute approximate surface area is 72.8 Å². The van der Waals surface area contributed by atoms with E-state index < -0.39 is 36.7 Å². The number of carbonyl (C=O) groups is 1. The third-order valence-electron chi connectivity index (χ3n) is 1.83. The van der Waals surface area contributed by atoms with Crippen LogP contribution in [0.1, 0.15) is 0 Å². The van der Waals surface area contributed by atoms with Gasteiger partial charge < -0.3 is 30.3 Å². The minimum Gasteiger partial charge on any atom is -0.479 e. The maximum Gasteiger partial charge on any atom is 0.335 e. The molecule has 0 aromatic heterocycles. The van der Waals surface area contributed by atoms with Gasteiger partial charge in [0.2, 0.25) is 0 Å². The van der Waals surface area contributed by atoms with Crippen molar-refractivity contribution >= 4 is 5.97 Å². The molecule has 1 heterocycles. The van der Waals surface area contributed by atoms with Crippen molar-refractivity contribution in [3.63, 3.8) is 0 Å². The minimum absolute atomic E-state index is 1.52. The second-order valence-corrected chi connectivity index (χ2v) is 2.76. The molecule has 0 saturated carbocycles. The van der Waals surface area contributed by atoms with E-state index in [-0.39, 0.29) is 0 Å². The van der Waals surface area contributed by atoms with E-state index in [0.29, 0.717) is 0 Å². The van der Waals surface area contributed by atoms with Crippen LogP contribution in [0.25, 0.3) is 0 Å². The zero-order valence-electron chi connectivity index (χ0n) is 6.44. The summed E-state index contributed by atoms with van der Waals surface area (Å²) in [6.45, 7) is 0. The van der Waals surface area contributed by atoms with E-state index >= 15 is 0 Å². The van der Waals surface area contributed by atoms with Gasteiger partial charge in [-0.1, -0.05) is 0 Å². The molecule has 0 spiro atoms. The van der Waals surface area contributed by atoms with E-state index in [4.69, 9.17) is 25.5 Å². The molecule has 5 atom stereocenters. The maximum atomic E-state index is 10.4. The van der Waals surface area contributed by atoms with Crippen molar-refractivity contribution in [1.82, 2.24) is 0 Å². The highest BCUT2D eigenvalue weighted by Gasteiger charge is 2.46. The van der Waals surface area contributed by atoms with E-state index in [0.717, 1.165) is 0 Å². The molecule has 0 aromatic rings. The molecule has 13 heavy (non-hydrogen) atoms. The Morgan fingerprint density at radius 2 is 1.54 bits per heavy atom. The number of carboxylic acid groups (broad SMARTS) is 1. The standard InChI is InChI=1S/C6H10O7/c7-1-2(8)4(5(10)11)13-6(12)3(1)9/h1-4,6-9,12H,(H,10,11)/t1-,2-,3+,4-,6?/m0/s1/i1+1,2+1,3+1,4+1,5+1,6+1. The normalized spacial score (nSPS) is 46.0. The van der Waals surface area contributed by atoms with Gasteiger partial charge in [-0.2, -0.15) is 0 Å². The molecule has 1 rings (SSSR count). The molecule has 1 saturated heterocycles. The average molecular weight is 200 g/mol. The largest absolute Gasteiger partial charge is 0.479 e. The van der Waals surface area contributed by atoms with E-state index in [9.17, 15) is 4.79 Å². The highest BCUT2D eigenvalue weighted by Crippen LogP contribution is 2.19. The van der Waals surface area contributed by atoms with Gasteiger partial charge in [-0.3, -0.25) is 0 Å². The Hall–Kier alpha value is -0.730. The summed E-state index contributed by atoms with van der Waals surface area (Å²) in [5.41, 5.74) is 0. The Morgan fingerprint density at radius 3 is 2.00 bits per heavy atom. The van der Waals surface area contributed by atoms with Crippen molar-refractivity contribution in [2.75, 3.05) is 0 Å². The van der Waals surface area contributed by atoms with Crippen LogP contribution in [0.3, 0.4) is 0 Å². The monoisotopic (exact) mass is 200 g/mol. The summed E-state index contributed by atoms with van der Waals surface area (Å²) in [5, 5.41) is 44.4. The Bertz CT molecular complexity index is 205. The van der Waals surface area contributed by atoms with Crippen molar-refractivity contribution in [1.29, 1.82) is 0 Å². The summed E-state index contributed by atoms with van der Waals surface area (Å²) in [6, 6.07) is 0. The fraction of sp³-hybridized carbons (Fsp3) is 0.833. The first-order chi connectivity index (χ1) is 5.95. The van der Waals surface area contributed by atoms with Crippen LogP contribution in [0.2, 0.25) is 0 Å². The van der Waals surface area contributed by atoms with Gasteiger partial charge in [-0.25, -0.2) is 4.79 Å². The first-order valence-corrected chi connectivity index (χ1v) is 3.55. The van der Waals surface area contributed by atoms with Gasteiger partial charge in [0.15, 0.2) is 12.4 Å². The van der Waals surface area contributed by atoms with Crippen LogP contribution < -0.4 is 0 Å². The molecule has 1 aliphatic rings. The van der Waals surface area contributed by atoms with E-state index in [1.807, 2.05) is 0 Å². The van der Waals surface area contributed by atoms with Crippen LogP contribution in [-0.4, -0.2) is 62.2 Å². The predicted octanol–water partition coefficient (Wildman–Crippen LogP) is -3.13. The number of hydrogen-bond acceptors (Lipinski definition) is 6. The summed E-state index contributed by atoms with van der Waals surface area (Å²) in [4.78, 5) is 10.4. The van der Waals surface area contributed by atoms with Crippen LogP contribution in [-0.2, 0) is 9.53 Å². The lowest BCUT2D eigenvalue weighted by Crippen LogP contribution is -2.59. The smallest absolute Gasteiger partial charge is 0.335 e. The highest BCUT2D eigenvalue weighted by atomic mass is 16.8. The number of carboxylic acids is 1. The number of aliphatic carboxylic acids is 1. The number of aliphatic hydroxyl groups is 4. The fourth-order valence-corrected chi connectivity index (χ4v) is 1.07. The predicted molar refractivity (Wildman–Crippen MR) is 36.5 cm³/mol. The fourth-order valence-electron chi connectivity index (χ4n) is 1.07. The van der Waals surface area contributed by atoms with Gasteiger partial charge >= 0.3 is 5.97 Å². The zero-order valence-corrected chi connectivity index (χ0v) is 6.44. The van der Waals surface area contributed by atoms with Gasteiger partial charge in [0.1, 0.15) is 18.3 Å². The second-order valence-electron chi connectivity index (χ2n) is 2.76. The molecule has 5 N–H and O–H groups in total. The maximum absolute atomic E-state index is 10.4. The average Bonchev–Trinajstić information content (AvgIpc) is 2.07. The Kier molecular flexibility index (Phi) is 2.84. The van der Waals surface area contributed by atoms with Crippen molar-refractivity contribution in [3.05, 3.63) is 0 Å². The zero-order chi connectivity index (χ0) is 10.2. The molecule has 0 radical (unpaired) electrons. The molecule has 0 bridgehead atoms. The molecule has 7 nitrogen and oxygen atoms in total. The van der Waals surface area contributed by atoms with Crippen LogP contribution in [0.4, 0.5) is 0 Å². The molecule has 0 aromatic carbocycles. The summed E-state index contributed by atoms with van der Waals surface area (Å²) < 4.78 is 4.34. The first kappa shape index (κ1) is 10.4. The van der Waals surface area contributed by atoms with E-state index in [1.54, 1.807) is 0 Å². The van der Waals surface area contributed by atoms with Crippen LogP contribution in [0, 0.1) is 0 Å². The first-order valence-electron chi connectivity index (χ1n) is 3.55. The lowest BCUT2D eigenvalue weighted by molar-refractivity contribution is -0.279. The van der Waals surface area contributed by atoms with Gasteiger partial charge in [0.05, 0.1) is 0 Å². The lowest BCUT2D eigenvalue weighted by Gasteiger charge is -2.36. The summed E-state index contributed by atoms with van der Waals surface area (Å²) in [7, 11) is 0. The molecular weight excluding hydrogens is 190 g/mol. The Balaban J connectivity index is 2.76. The van der Waals surface area contributed by atoms with Gasteiger partial charge in [0, 0.05) is 0 Å². The van der Waals surface area contributed by atoms with Crippen molar-refractivity contribution < 1.29 is 35.1 Å².